The highest BCUT2D eigenvalue weighted by Crippen LogP contribution is 2.12. The molecule has 0 radical (unpaired) electrons. The van der Waals surface area contributed by atoms with Crippen LogP contribution in [0.2, 0.25) is 0 Å². The number of hydrogen-bond acceptors (Lipinski definition) is 3. The van der Waals surface area contributed by atoms with E-state index < -0.39 is 0 Å². The van der Waals surface area contributed by atoms with E-state index in [1.165, 1.54) is 12.5 Å². The van der Waals surface area contributed by atoms with Crippen LogP contribution in [0.5, 0.6) is 5.75 Å². The Hall–Kier alpha value is -2.57. The van der Waals surface area contributed by atoms with Gasteiger partial charge in [0.05, 0.1) is 5.54 Å². The van der Waals surface area contributed by atoms with Crippen LogP contribution >= 0.6 is 0 Å². The predicted octanol–water partition coefficient (Wildman–Crippen LogP) is 3.53. The molecule has 0 fully saturated rings. The molecule has 0 aliphatic heterocycles. The first-order valence-corrected chi connectivity index (χ1v) is 7.55. The fourth-order valence-corrected chi connectivity index (χ4v) is 1.96. The van der Waals surface area contributed by atoms with Crippen LogP contribution in [0, 0.1) is 11.8 Å². The second-order valence-electron chi connectivity index (χ2n) is 5.83. The molecule has 0 spiro atoms. The summed E-state index contributed by atoms with van der Waals surface area (Å²) in [5.74, 6) is 6.59. The van der Waals surface area contributed by atoms with Crippen molar-refractivity contribution in [3.8, 4) is 17.6 Å². The summed E-state index contributed by atoms with van der Waals surface area (Å²) in [6.45, 7) is 6.26. The van der Waals surface area contributed by atoms with Crippen LogP contribution in [0.15, 0.2) is 54.6 Å². The highest BCUT2D eigenvalue weighted by molar-refractivity contribution is 5.69. The van der Waals surface area contributed by atoms with Gasteiger partial charge in [-0.25, -0.2) is 0 Å². The minimum absolute atomic E-state index is 0.301. The molecule has 0 unspecified atom stereocenters. The molecule has 1 N–H and O–H groups in total. The molecule has 2 aromatic rings. The first-order chi connectivity index (χ1) is 10.9. The van der Waals surface area contributed by atoms with Crippen molar-refractivity contribution < 1.29 is 9.53 Å². The van der Waals surface area contributed by atoms with E-state index in [1.54, 1.807) is 12.1 Å². The summed E-state index contributed by atoms with van der Waals surface area (Å²) in [4.78, 5) is 10.9. The second kappa shape index (κ2) is 7.62. The lowest BCUT2D eigenvalue weighted by Crippen LogP contribution is -2.37. The minimum atomic E-state index is -0.324. The van der Waals surface area contributed by atoms with E-state index in [-0.39, 0.29) is 11.5 Å². The third-order valence-corrected chi connectivity index (χ3v) is 3.21. The normalized spacial score (nSPS) is 10.6. The first kappa shape index (κ1) is 16.8. The molecule has 0 saturated carbocycles. The zero-order valence-electron chi connectivity index (χ0n) is 13.7. The Labute approximate surface area is 137 Å². The van der Waals surface area contributed by atoms with Crippen molar-refractivity contribution in [2.75, 3.05) is 0 Å². The molecule has 0 heterocycles. The number of carbonyl (C=O) groups excluding carboxylic acids is 1. The highest BCUT2D eigenvalue weighted by atomic mass is 16.5. The number of rotatable bonds is 4. The number of esters is 1. The molecular formula is C20H21NO2. The largest absolute Gasteiger partial charge is 0.427 e. The molecular weight excluding hydrogens is 286 g/mol. The van der Waals surface area contributed by atoms with Gasteiger partial charge in [0, 0.05) is 19.0 Å². The Bertz CT molecular complexity index is 707. The van der Waals surface area contributed by atoms with Crippen LogP contribution < -0.4 is 10.1 Å². The molecule has 2 aromatic carbocycles. The Balaban J connectivity index is 1.97. The van der Waals surface area contributed by atoms with Crippen molar-refractivity contribution in [1.82, 2.24) is 5.32 Å². The fourth-order valence-electron chi connectivity index (χ4n) is 1.96. The van der Waals surface area contributed by atoms with Gasteiger partial charge >= 0.3 is 5.97 Å². The van der Waals surface area contributed by atoms with E-state index >= 15 is 0 Å². The van der Waals surface area contributed by atoms with Gasteiger partial charge in [-0.3, -0.25) is 10.1 Å². The summed E-state index contributed by atoms with van der Waals surface area (Å²) < 4.78 is 5.00. The molecule has 23 heavy (non-hydrogen) atoms. The van der Waals surface area contributed by atoms with Gasteiger partial charge in [-0.2, -0.15) is 0 Å². The SMILES string of the molecule is CC(=O)Oc1ccc(C#CC(C)(C)NCc2ccccc2)cc1. The van der Waals surface area contributed by atoms with Gasteiger partial charge in [0.2, 0.25) is 0 Å². The van der Waals surface area contributed by atoms with E-state index in [0.29, 0.717) is 5.75 Å². The van der Waals surface area contributed by atoms with Crippen LogP contribution in [-0.4, -0.2) is 11.5 Å². The van der Waals surface area contributed by atoms with Crippen molar-refractivity contribution >= 4 is 5.97 Å². The van der Waals surface area contributed by atoms with Crippen LogP contribution in [0.1, 0.15) is 31.9 Å². The van der Waals surface area contributed by atoms with E-state index in [2.05, 4.69) is 43.1 Å². The molecule has 3 nitrogen and oxygen atoms in total. The highest BCUT2D eigenvalue weighted by Gasteiger charge is 2.12. The molecule has 0 saturated heterocycles. The van der Waals surface area contributed by atoms with Gasteiger partial charge in [-0.15, -0.1) is 0 Å². The molecule has 0 aromatic heterocycles. The lowest BCUT2D eigenvalue weighted by molar-refractivity contribution is -0.131. The maximum absolute atomic E-state index is 10.9. The average Bonchev–Trinajstić information content (AvgIpc) is 2.53. The topological polar surface area (TPSA) is 38.3 Å². The molecule has 118 valence electrons. The Morgan fingerprint density at radius 1 is 1.09 bits per heavy atom. The Morgan fingerprint density at radius 2 is 1.74 bits per heavy atom. The fraction of sp³-hybridized carbons (Fsp3) is 0.250. The monoisotopic (exact) mass is 307 g/mol. The predicted molar refractivity (Wildman–Crippen MR) is 92.0 cm³/mol. The molecule has 2 rings (SSSR count). The molecule has 0 aliphatic carbocycles. The number of hydrogen-bond donors (Lipinski definition) is 1. The third kappa shape index (κ3) is 5.98. The number of carbonyl (C=O) groups is 1. The first-order valence-electron chi connectivity index (χ1n) is 7.55. The summed E-state index contributed by atoms with van der Waals surface area (Å²) in [5.41, 5.74) is 1.81. The smallest absolute Gasteiger partial charge is 0.308 e. The van der Waals surface area contributed by atoms with Gasteiger partial charge in [0.1, 0.15) is 5.75 Å². The molecule has 0 bridgehead atoms. The lowest BCUT2D eigenvalue weighted by Gasteiger charge is -2.19. The lowest BCUT2D eigenvalue weighted by atomic mass is 10.0. The van der Waals surface area contributed by atoms with Gasteiger partial charge < -0.3 is 4.74 Å². The van der Waals surface area contributed by atoms with Crippen LogP contribution in [-0.2, 0) is 11.3 Å². The van der Waals surface area contributed by atoms with Gasteiger partial charge in [-0.1, -0.05) is 42.2 Å². The van der Waals surface area contributed by atoms with Crippen LogP contribution in [0.25, 0.3) is 0 Å². The van der Waals surface area contributed by atoms with Crippen molar-refractivity contribution in [3.63, 3.8) is 0 Å². The summed E-state index contributed by atoms with van der Waals surface area (Å²) in [6.07, 6.45) is 0. The van der Waals surface area contributed by atoms with Crippen molar-refractivity contribution in [1.29, 1.82) is 0 Å². The Kier molecular flexibility index (Phi) is 5.56. The number of nitrogens with one attached hydrogen (secondary N) is 1. The molecule has 3 heteroatoms. The molecule has 0 amide bonds. The second-order valence-corrected chi connectivity index (χ2v) is 5.83. The van der Waals surface area contributed by atoms with Crippen LogP contribution in [0.3, 0.4) is 0 Å². The zero-order valence-corrected chi connectivity index (χ0v) is 13.7. The van der Waals surface area contributed by atoms with Crippen molar-refractivity contribution in [3.05, 3.63) is 65.7 Å². The number of ether oxygens (including phenoxy) is 1. The summed E-state index contributed by atoms with van der Waals surface area (Å²) in [5, 5.41) is 3.44. The van der Waals surface area contributed by atoms with E-state index in [9.17, 15) is 4.79 Å². The minimum Gasteiger partial charge on any atom is -0.427 e. The quantitative estimate of drug-likeness (QED) is 0.533. The molecule has 0 aliphatic rings. The maximum Gasteiger partial charge on any atom is 0.308 e. The van der Waals surface area contributed by atoms with Gasteiger partial charge in [0.15, 0.2) is 0 Å². The Morgan fingerprint density at radius 3 is 2.35 bits per heavy atom. The zero-order chi connectivity index (χ0) is 16.7. The number of benzene rings is 2. The summed E-state index contributed by atoms with van der Waals surface area (Å²) in [6, 6.07) is 17.4. The van der Waals surface area contributed by atoms with Gasteiger partial charge in [0.25, 0.3) is 0 Å². The maximum atomic E-state index is 10.9. The van der Waals surface area contributed by atoms with E-state index in [1.807, 2.05) is 30.3 Å². The van der Waals surface area contributed by atoms with Crippen LogP contribution in [0.4, 0.5) is 0 Å². The molecule has 0 atom stereocenters. The average molecular weight is 307 g/mol. The summed E-state index contributed by atoms with van der Waals surface area (Å²) in [7, 11) is 0. The van der Waals surface area contributed by atoms with E-state index in [0.717, 1.165) is 12.1 Å². The summed E-state index contributed by atoms with van der Waals surface area (Å²) >= 11 is 0. The van der Waals surface area contributed by atoms with Crippen molar-refractivity contribution in [2.24, 2.45) is 0 Å². The standard InChI is InChI=1S/C20H21NO2/c1-16(22)23-19-11-9-17(10-12-19)13-14-20(2,3)21-15-18-7-5-4-6-8-18/h4-12,21H,15H2,1-3H3. The third-order valence-electron chi connectivity index (χ3n) is 3.21. The van der Waals surface area contributed by atoms with Gasteiger partial charge in [-0.05, 0) is 43.7 Å². The van der Waals surface area contributed by atoms with E-state index in [4.69, 9.17) is 4.74 Å². The van der Waals surface area contributed by atoms with Crippen molar-refractivity contribution in [2.45, 2.75) is 32.9 Å².